The Morgan fingerprint density at radius 2 is 1.72 bits per heavy atom. The molecule has 1 saturated heterocycles. The van der Waals surface area contributed by atoms with E-state index < -0.39 is 11.9 Å². The molecular formula is C17H18F3N3O2. The molecule has 0 N–H and O–H groups in total. The number of rotatable bonds is 2. The molecule has 1 aromatic heterocycles. The topological polar surface area (TPSA) is 47.4 Å². The number of hydrogen-bond acceptors (Lipinski definition) is 3. The van der Waals surface area contributed by atoms with Crippen molar-refractivity contribution in [2.75, 3.05) is 13.1 Å². The summed E-state index contributed by atoms with van der Waals surface area (Å²) in [6, 6.07) is 7.26. The molecule has 134 valence electrons. The van der Waals surface area contributed by atoms with Crippen LogP contribution in [0.5, 0.6) is 0 Å². The molecule has 1 aliphatic rings. The lowest BCUT2D eigenvalue weighted by molar-refractivity contribution is -0.141. The minimum atomic E-state index is -4.48. The highest BCUT2D eigenvalue weighted by atomic mass is 19.4. The van der Waals surface area contributed by atoms with Gasteiger partial charge >= 0.3 is 6.18 Å². The summed E-state index contributed by atoms with van der Waals surface area (Å²) in [6.45, 7) is 4.85. The van der Waals surface area contributed by atoms with Gasteiger partial charge in [0.15, 0.2) is 5.69 Å². The summed E-state index contributed by atoms with van der Waals surface area (Å²) >= 11 is 0. The number of alkyl halides is 3. The smallest absolute Gasteiger partial charge is 0.372 e. The maximum Gasteiger partial charge on any atom is 0.435 e. The number of carbonyl (C=O) groups is 1. The minimum absolute atomic E-state index is 0.0307. The number of amides is 1. The van der Waals surface area contributed by atoms with Crippen LogP contribution in [0.1, 0.15) is 29.9 Å². The predicted octanol–water partition coefficient (Wildman–Crippen LogP) is 3.14. The number of hydrogen-bond donors (Lipinski definition) is 0. The first-order valence-electron chi connectivity index (χ1n) is 7.92. The van der Waals surface area contributed by atoms with Gasteiger partial charge in [-0.1, -0.05) is 0 Å². The molecule has 2 unspecified atom stereocenters. The molecule has 0 saturated carbocycles. The highest BCUT2D eigenvalue weighted by Crippen LogP contribution is 2.28. The Labute approximate surface area is 143 Å². The molecule has 1 aliphatic heterocycles. The molecule has 1 aromatic carbocycles. The van der Waals surface area contributed by atoms with E-state index in [1.54, 1.807) is 29.2 Å². The molecule has 0 bridgehead atoms. The van der Waals surface area contributed by atoms with Crippen molar-refractivity contribution in [3.05, 3.63) is 47.8 Å². The van der Waals surface area contributed by atoms with Crippen molar-refractivity contribution in [2.24, 2.45) is 0 Å². The number of nitrogens with zero attached hydrogens (tertiary/aromatic N) is 3. The van der Waals surface area contributed by atoms with E-state index >= 15 is 0 Å². The molecule has 3 rings (SSSR count). The van der Waals surface area contributed by atoms with Gasteiger partial charge in [-0.3, -0.25) is 4.79 Å². The molecule has 0 aliphatic carbocycles. The van der Waals surface area contributed by atoms with Gasteiger partial charge < -0.3 is 9.64 Å². The monoisotopic (exact) mass is 353 g/mol. The first-order chi connectivity index (χ1) is 11.7. The van der Waals surface area contributed by atoms with Gasteiger partial charge in [0.05, 0.1) is 17.9 Å². The average Bonchev–Trinajstić information content (AvgIpc) is 3.03. The highest BCUT2D eigenvalue weighted by molar-refractivity contribution is 5.94. The van der Waals surface area contributed by atoms with Gasteiger partial charge in [0.25, 0.3) is 5.91 Å². The molecule has 2 heterocycles. The van der Waals surface area contributed by atoms with Crippen LogP contribution in [0.4, 0.5) is 13.2 Å². The molecule has 1 amide bonds. The van der Waals surface area contributed by atoms with Crippen LogP contribution in [0.15, 0.2) is 36.5 Å². The summed E-state index contributed by atoms with van der Waals surface area (Å²) in [6.07, 6.45) is -3.30. The highest BCUT2D eigenvalue weighted by Gasteiger charge is 2.33. The Kier molecular flexibility index (Phi) is 4.55. The van der Waals surface area contributed by atoms with Gasteiger partial charge in [-0.05, 0) is 44.2 Å². The third kappa shape index (κ3) is 3.84. The zero-order valence-electron chi connectivity index (χ0n) is 13.8. The Morgan fingerprint density at radius 1 is 1.12 bits per heavy atom. The fourth-order valence-electron chi connectivity index (χ4n) is 2.90. The maximum absolute atomic E-state index is 12.6. The molecule has 0 radical (unpaired) electrons. The first kappa shape index (κ1) is 17.5. The van der Waals surface area contributed by atoms with Crippen molar-refractivity contribution in [3.8, 4) is 5.69 Å². The third-order valence-corrected chi connectivity index (χ3v) is 3.97. The van der Waals surface area contributed by atoms with Crippen LogP contribution in [-0.4, -0.2) is 45.9 Å². The molecule has 5 nitrogen and oxygen atoms in total. The second-order valence-corrected chi connectivity index (χ2v) is 6.16. The molecular weight excluding hydrogens is 335 g/mol. The van der Waals surface area contributed by atoms with E-state index in [9.17, 15) is 18.0 Å². The summed E-state index contributed by atoms with van der Waals surface area (Å²) in [5, 5.41) is 3.52. The average molecular weight is 353 g/mol. The van der Waals surface area contributed by atoms with Gasteiger partial charge in [0.1, 0.15) is 0 Å². The Morgan fingerprint density at radius 3 is 2.24 bits per heavy atom. The fourth-order valence-corrected chi connectivity index (χ4v) is 2.90. The summed E-state index contributed by atoms with van der Waals surface area (Å²) in [4.78, 5) is 14.3. The maximum atomic E-state index is 12.6. The van der Waals surface area contributed by atoms with Gasteiger partial charge in [-0.2, -0.15) is 18.3 Å². The molecule has 2 aromatic rings. The van der Waals surface area contributed by atoms with Crippen molar-refractivity contribution in [1.82, 2.24) is 14.7 Å². The quantitative estimate of drug-likeness (QED) is 0.833. The normalized spacial score (nSPS) is 21.4. The molecule has 8 heteroatoms. The van der Waals surface area contributed by atoms with E-state index in [0.29, 0.717) is 24.3 Å². The van der Waals surface area contributed by atoms with E-state index in [-0.39, 0.29) is 18.1 Å². The van der Waals surface area contributed by atoms with Gasteiger partial charge in [-0.15, -0.1) is 0 Å². The van der Waals surface area contributed by atoms with Crippen LogP contribution in [0, 0.1) is 0 Å². The van der Waals surface area contributed by atoms with E-state index in [0.717, 1.165) is 10.7 Å². The first-order valence-corrected chi connectivity index (χ1v) is 7.92. The van der Waals surface area contributed by atoms with Crippen LogP contribution in [0.2, 0.25) is 0 Å². The number of halogens is 3. The minimum Gasteiger partial charge on any atom is -0.372 e. The van der Waals surface area contributed by atoms with Crippen molar-refractivity contribution < 1.29 is 22.7 Å². The second-order valence-electron chi connectivity index (χ2n) is 6.16. The summed E-state index contributed by atoms with van der Waals surface area (Å²) in [5.41, 5.74) is -0.0204. The Bertz CT molecular complexity index is 745. The largest absolute Gasteiger partial charge is 0.435 e. The SMILES string of the molecule is CC1CN(C(=O)c2ccc(-n3ccc(C(F)(F)F)n3)cc2)CC(C)O1. The lowest BCUT2D eigenvalue weighted by atomic mass is 10.1. The third-order valence-electron chi connectivity index (χ3n) is 3.97. The number of aromatic nitrogens is 2. The van der Waals surface area contributed by atoms with E-state index in [4.69, 9.17) is 4.74 Å². The van der Waals surface area contributed by atoms with Crippen LogP contribution in [0.3, 0.4) is 0 Å². The zero-order chi connectivity index (χ0) is 18.2. The second kappa shape index (κ2) is 6.51. The van der Waals surface area contributed by atoms with E-state index in [1.165, 1.54) is 6.20 Å². The molecule has 0 spiro atoms. The van der Waals surface area contributed by atoms with Crippen LogP contribution in [-0.2, 0) is 10.9 Å². The zero-order valence-corrected chi connectivity index (χ0v) is 13.8. The summed E-state index contributed by atoms with van der Waals surface area (Å²) in [7, 11) is 0. The van der Waals surface area contributed by atoms with Crippen molar-refractivity contribution in [1.29, 1.82) is 0 Å². The predicted molar refractivity (Wildman–Crippen MR) is 84.5 cm³/mol. The van der Waals surface area contributed by atoms with Gasteiger partial charge in [-0.25, -0.2) is 4.68 Å². The standard InChI is InChI=1S/C17H18F3N3O2/c1-11-9-22(10-12(2)25-11)16(24)13-3-5-14(6-4-13)23-8-7-15(21-23)17(18,19)20/h3-8,11-12H,9-10H2,1-2H3. The Balaban J connectivity index is 1.76. The van der Waals surface area contributed by atoms with E-state index in [2.05, 4.69) is 5.10 Å². The number of morpholine rings is 1. The van der Waals surface area contributed by atoms with Gasteiger partial charge in [0.2, 0.25) is 0 Å². The number of benzene rings is 1. The number of carbonyl (C=O) groups excluding carboxylic acids is 1. The lowest BCUT2D eigenvalue weighted by Gasteiger charge is -2.35. The summed E-state index contributed by atoms with van der Waals surface area (Å²) < 4.78 is 44.6. The van der Waals surface area contributed by atoms with Crippen molar-refractivity contribution >= 4 is 5.91 Å². The van der Waals surface area contributed by atoms with E-state index in [1.807, 2.05) is 13.8 Å². The van der Waals surface area contributed by atoms with Crippen LogP contribution < -0.4 is 0 Å². The fraction of sp³-hybridized carbons (Fsp3) is 0.412. The summed E-state index contributed by atoms with van der Waals surface area (Å²) in [5.74, 6) is -0.120. The van der Waals surface area contributed by atoms with Crippen LogP contribution in [0.25, 0.3) is 5.69 Å². The number of ether oxygens (including phenoxy) is 1. The Hall–Kier alpha value is -2.35. The molecule has 1 fully saturated rings. The van der Waals surface area contributed by atoms with Crippen LogP contribution >= 0.6 is 0 Å². The van der Waals surface area contributed by atoms with Crippen molar-refractivity contribution in [3.63, 3.8) is 0 Å². The molecule has 25 heavy (non-hydrogen) atoms. The van der Waals surface area contributed by atoms with Gasteiger partial charge in [0, 0.05) is 24.8 Å². The molecule has 2 atom stereocenters. The lowest BCUT2D eigenvalue weighted by Crippen LogP contribution is -2.48. The van der Waals surface area contributed by atoms with Crippen molar-refractivity contribution in [2.45, 2.75) is 32.2 Å².